The number of nitrogens with one attached hydrogen (secondary N) is 1. The molecule has 0 saturated heterocycles. The molecule has 0 spiro atoms. The molecule has 0 aliphatic carbocycles. The molecule has 1 amide bonds. The Balaban J connectivity index is 1.85. The summed E-state index contributed by atoms with van der Waals surface area (Å²) < 4.78 is 9.46. The van der Waals surface area contributed by atoms with Crippen LogP contribution in [0.2, 0.25) is 10.0 Å². The van der Waals surface area contributed by atoms with Gasteiger partial charge in [-0.1, -0.05) is 41.4 Å². The van der Waals surface area contributed by atoms with Gasteiger partial charge >= 0.3 is 11.9 Å². The molecule has 0 saturated carbocycles. The molecule has 0 radical (unpaired) electrons. The number of hydrogen-bond donors (Lipinski definition) is 1. The van der Waals surface area contributed by atoms with E-state index < -0.39 is 24.5 Å². The van der Waals surface area contributed by atoms with Crippen molar-refractivity contribution in [3.8, 4) is 0 Å². The minimum Gasteiger partial charge on any atom is -0.465 e. The molecule has 0 aliphatic rings. The number of esters is 2. The smallest absolute Gasteiger partial charge is 0.337 e. The third kappa shape index (κ3) is 6.13. The largest absolute Gasteiger partial charge is 0.465 e. The van der Waals surface area contributed by atoms with Crippen LogP contribution in [0.1, 0.15) is 15.9 Å². The summed E-state index contributed by atoms with van der Waals surface area (Å²) in [4.78, 5) is 34.9. The van der Waals surface area contributed by atoms with E-state index in [9.17, 15) is 14.4 Å². The van der Waals surface area contributed by atoms with Crippen molar-refractivity contribution < 1.29 is 23.9 Å². The van der Waals surface area contributed by atoms with Crippen LogP contribution in [0.5, 0.6) is 0 Å². The van der Waals surface area contributed by atoms with Crippen LogP contribution in [-0.4, -0.2) is 31.6 Å². The number of carbonyl (C=O) groups excluding carboxylic acids is 3. The van der Waals surface area contributed by atoms with Gasteiger partial charge in [0.05, 0.1) is 28.4 Å². The van der Waals surface area contributed by atoms with Gasteiger partial charge < -0.3 is 14.8 Å². The maximum atomic E-state index is 11.9. The molecule has 2 rings (SSSR count). The Morgan fingerprint density at radius 3 is 2.26 bits per heavy atom. The Labute approximate surface area is 165 Å². The van der Waals surface area contributed by atoms with Gasteiger partial charge in [-0.25, -0.2) is 9.59 Å². The van der Waals surface area contributed by atoms with Crippen molar-refractivity contribution in [3.05, 3.63) is 69.7 Å². The van der Waals surface area contributed by atoms with Crippen molar-refractivity contribution in [1.82, 2.24) is 0 Å². The maximum absolute atomic E-state index is 11.9. The highest BCUT2D eigenvalue weighted by molar-refractivity contribution is 6.39. The molecule has 0 heterocycles. The first-order valence-electron chi connectivity index (χ1n) is 7.68. The zero-order chi connectivity index (χ0) is 19.8. The number of methoxy groups -OCH3 is 1. The Bertz CT molecular complexity index is 858. The highest BCUT2D eigenvalue weighted by Gasteiger charge is 2.11. The quantitative estimate of drug-likeness (QED) is 0.578. The maximum Gasteiger partial charge on any atom is 0.337 e. The van der Waals surface area contributed by atoms with Crippen molar-refractivity contribution in [1.29, 1.82) is 0 Å². The van der Waals surface area contributed by atoms with Crippen LogP contribution in [0, 0.1) is 0 Å². The van der Waals surface area contributed by atoms with Gasteiger partial charge in [-0.3, -0.25) is 4.79 Å². The Morgan fingerprint density at radius 1 is 1.04 bits per heavy atom. The second-order valence-corrected chi connectivity index (χ2v) is 6.01. The van der Waals surface area contributed by atoms with Gasteiger partial charge in [0.15, 0.2) is 6.61 Å². The summed E-state index contributed by atoms with van der Waals surface area (Å²) in [7, 11) is 1.29. The number of carbonyl (C=O) groups is 3. The van der Waals surface area contributed by atoms with E-state index in [2.05, 4.69) is 10.1 Å². The molecule has 0 bridgehead atoms. The van der Waals surface area contributed by atoms with E-state index in [1.807, 2.05) is 0 Å². The average Bonchev–Trinajstić information content (AvgIpc) is 2.67. The van der Waals surface area contributed by atoms with Gasteiger partial charge in [0.2, 0.25) is 0 Å². The molecule has 27 heavy (non-hydrogen) atoms. The third-order valence-electron chi connectivity index (χ3n) is 3.32. The summed E-state index contributed by atoms with van der Waals surface area (Å²) >= 11 is 11.9. The van der Waals surface area contributed by atoms with Gasteiger partial charge in [-0.15, -0.1) is 0 Å². The van der Waals surface area contributed by atoms with Gasteiger partial charge in [-0.2, -0.15) is 0 Å². The molecule has 0 atom stereocenters. The standard InChI is InChI=1S/C19H15Cl2NO5/c1-26-19(25)13-8-5-12(6-9-13)7-10-17(24)27-11-16(23)22-18-14(20)3-2-4-15(18)21/h2-10H,11H2,1H3,(H,22,23)/b10-7+. The zero-order valence-corrected chi connectivity index (χ0v) is 15.7. The monoisotopic (exact) mass is 407 g/mol. The number of ether oxygens (including phenoxy) is 2. The summed E-state index contributed by atoms with van der Waals surface area (Å²) in [5, 5.41) is 3.03. The second-order valence-electron chi connectivity index (χ2n) is 5.20. The van der Waals surface area contributed by atoms with Crippen molar-refractivity contribution in [2.24, 2.45) is 0 Å². The van der Waals surface area contributed by atoms with Crippen LogP contribution in [0.25, 0.3) is 6.08 Å². The molecule has 0 aliphatic heterocycles. The fraction of sp³-hybridized carbons (Fsp3) is 0.105. The predicted molar refractivity (Wildman–Crippen MR) is 103 cm³/mol. The number of benzene rings is 2. The molecule has 2 aromatic carbocycles. The molecule has 140 valence electrons. The highest BCUT2D eigenvalue weighted by Crippen LogP contribution is 2.29. The third-order valence-corrected chi connectivity index (χ3v) is 3.95. The van der Waals surface area contributed by atoms with E-state index in [-0.39, 0.29) is 15.7 Å². The lowest BCUT2D eigenvalue weighted by atomic mass is 10.1. The van der Waals surface area contributed by atoms with Gasteiger partial charge in [0, 0.05) is 6.08 Å². The Kier molecular flexibility index (Phi) is 7.40. The normalized spacial score (nSPS) is 10.5. The summed E-state index contributed by atoms with van der Waals surface area (Å²) in [5.41, 5.74) is 1.32. The van der Waals surface area contributed by atoms with Crippen LogP contribution in [-0.2, 0) is 19.1 Å². The number of hydrogen-bond acceptors (Lipinski definition) is 5. The topological polar surface area (TPSA) is 81.7 Å². The fourth-order valence-electron chi connectivity index (χ4n) is 1.99. The van der Waals surface area contributed by atoms with Gasteiger partial charge in [0.1, 0.15) is 0 Å². The van der Waals surface area contributed by atoms with Crippen molar-refractivity contribution in [2.45, 2.75) is 0 Å². The number of amides is 1. The predicted octanol–water partition coefficient (Wildman–Crippen LogP) is 3.98. The van der Waals surface area contributed by atoms with Crippen molar-refractivity contribution in [2.75, 3.05) is 19.0 Å². The minimum absolute atomic E-state index is 0.253. The first-order valence-corrected chi connectivity index (χ1v) is 8.43. The van der Waals surface area contributed by atoms with E-state index in [1.54, 1.807) is 42.5 Å². The van der Waals surface area contributed by atoms with E-state index in [0.717, 1.165) is 0 Å². The first kappa shape index (κ1) is 20.5. The molecule has 0 aromatic heterocycles. The molecular weight excluding hydrogens is 393 g/mol. The summed E-state index contributed by atoms with van der Waals surface area (Å²) in [5.74, 6) is -1.73. The molecule has 1 N–H and O–H groups in total. The zero-order valence-electron chi connectivity index (χ0n) is 14.2. The van der Waals surface area contributed by atoms with Crippen LogP contribution < -0.4 is 5.32 Å². The lowest BCUT2D eigenvalue weighted by molar-refractivity contribution is -0.142. The molecular formula is C19H15Cl2NO5. The van der Waals surface area contributed by atoms with Crippen LogP contribution in [0.3, 0.4) is 0 Å². The van der Waals surface area contributed by atoms with E-state index in [0.29, 0.717) is 11.1 Å². The summed E-state index contributed by atoms with van der Waals surface area (Å²) in [6, 6.07) is 11.2. The van der Waals surface area contributed by atoms with Crippen LogP contribution in [0.15, 0.2) is 48.5 Å². The molecule has 0 fully saturated rings. The average molecular weight is 408 g/mol. The molecule has 6 nitrogen and oxygen atoms in total. The van der Waals surface area contributed by atoms with Gasteiger partial charge in [-0.05, 0) is 35.9 Å². The van der Waals surface area contributed by atoms with Crippen LogP contribution in [0.4, 0.5) is 5.69 Å². The SMILES string of the molecule is COC(=O)c1ccc(/C=C/C(=O)OCC(=O)Nc2c(Cl)cccc2Cl)cc1. The summed E-state index contributed by atoms with van der Waals surface area (Å²) in [6.07, 6.45) is 2.66. The van der Waals surface area contributed by atoms with E-state index in [1.165, 1.54) is 19.3 Å². The van der Waals surface area contributed by atoms with Crippen molar-refractivity contribution >= 4 is 52.8 Å². The lowest BCUT2D eigenvalue weighted by Crippen LogP contribution is -2.20. The molecule has 2 aromatic rings. The van der Waals surface area contributed by atoms with E-state index >= 15 is 0 Å². The Morgan fingerprint density at radius 2 is 1.67 bits per heavy atom. The lowest BCUT2D eigenvalue weighted by Gasteiger charge is -2.08. The van der Waals surface area contributed by atoms with Crippen LogP contribution >= 0.6 is 23.2 Å². The Hall–Kier alpha value is -2.83. The molecule has 8 heteroatoms. The number of rotatable bonds is 6. The number of para-hydroxylation sites is 1. The first-order chi connectivity index (χ1) is 12.9. The summed E-state index contributed by atoms with van der Waals surface area (Å²) in [6.45, 7) is -0.494. The number of halogens is 2. The second kappa shape index (κ2) is 9.75. The number of anilines is 1. The highest BCUT2D eigenvalue weighted by atomic mass is 35.5. The van der Waals surface area contributed by atoms with E-state index in [4.69, 9.17) is 27.9 Å². The molecule has 0 unspecified atom stereocenters. The minimum atomic E-state index is -0.701. The fourth-order valence-corrected chi connectivity index (χ4v) is 2.48. The van der Waals surface area contributed by atoms with Gasteiger partial charge in [0.25, 0.3) is 5.91 Å². The van der Waals surface area contributed by atoms with Crippen molar-refractivity contribution in [3.63, 3.8) is 0 Å².